The number of para-hydroxylation sites is 1. The lowest BCUT2D eigenvalue weighted by molar-refractivity contribution is 0.0780. The van der Waals surface area contributed by atoms with Crippen molar-refractivity contribution < 1.29 is 4.42 Å². The Balaban J connectivity index is 1.17. The topological polar surface area (TPSA) is 75.6 Å². The van der Waals surface area contributed by atoms with Crippen molar-refractivity contribution in [3.8, 4) is 51.4 Å². The maximum atomic E-state index is 10.2. The van der Waals surface area contributed by atoms with Gasteiger partial charge < -0.3 is 4.42 Å². The van der Waals surface area contributed by atoms with E-state index in [1.165, 1.54) is 37.7 Å². The molecule has 2 bridgehead atoms. The van der Waals surface area contributed by atoms with Crippen LogP contribution in [0.2, 0.25) is 0 Å². The summed E-state index contributed by atoms with van der Waals surface area (Å²) in [5.74, 6) is 3.97. The number of aromatic nitrogens is 3. The predicted octanol–water partition coefficient (Wildman–Crippen LogP) is 11.4. The number of hydrogen-bond acceptors (Lipinski definition) is 5. The molecule has 2 saturated carbocycles. The van der Waals surface area contributed by atoms with Crippen LogP contribution in [0.1, 0.15) is 57.1 Å². The zero-order chi connectivity index (χ0) is 33.8. The van der Waals surface area contributed by atoms with Crippen LogP contribution < -0.4 is 0 Å². The third-order valence-corrected chi connectivity index (χ3v) is 11.1. The van der Waals surface area contributed by atoms with Crippen LogP contribution in [0.25, 0.3) is 67.2 Å². The summed E-state index contributed by atoms with van der Waals surface area (Å²) in [6, 6.07) is 41.7. The Morgan fingerprint density at radius 1 is 0.580 bits per heavy atom. The number of hydrogen-bond donors (Lipinski definition) is 0. The van der Waals surface area contributed by atoms with Gasteiger partial charge in [-0.15, -0.1) is 0 Å². The summed E-state index contributed by atoms with van der Waals surface area (Å²) in [5, 5.41) is 12.3. The molecule has 244 valence electrons. The molecule has 2 aliphatic carbocycles. The van der Waals surface area contributed by atoms with Crippen LogP contribution in [-0.4, -0.2) is 15.0 Å². The van der Waals surface area contributed by atoms with Crippen molar-refractivity contribution in [2.24, 2.45) is 17.8 Å². The molecule has 7 aromatic rings. The fraction of sp³-hybridized carbons (Fsp3) is 0.244. The molecule has 0 aliphatic heterocycles. The minimum absolute atomic E-state index is 0.223. The number of nitrogens with zero attached hydrogens (tertiary/aromatic N) is 4. The average Bonchev–Trinajstić information content (AvgIpc) is 3.52. The van der Waals surface area contributed by atoms with Crippen LogP contribution in [0.5, 0.6) is 0 Å². The van der Waals surface area contributed by atoms with Gasteiger partial charge in [-0.25, -0.2) is 15.0 Å². The molecule has 50 heavy (non-hydrogen) atoms. The first kappa shape index (κ1) is 30.5. The summed E-state index contributed by atoms with van der Waals surface area (Å²) in [7, 11) is 0. The van der Waals surface area contributed by atoms with Gasteiger partial charge in [0.2, 0.25) is 0 Å². The van der Waals surface area contributed by atoms with Crippen LogP contribution in [0.15, 0.2) is 120 Å². The molecule has 0 radical (unpaired) electrons. The van der Waals surface area contributed by atoms with Gasteiger partial charge in [-0.3, -0.25) is 0 Å². The van der Waals surface area contributed by atoms with E-state index in [-0.39, 0.29) is 5.41 Å². The van der Waals surface area contributed by atoms with Crippen LogP contribution in [-0.2, 0) is 5.41 Å². The van der Waals surface area contributed by atoms with E-state index >= 15 is 0 Å². The smallest absolute Gasteiger partial charge is 0.164 e. The molecule has 2 aromatic heterocycles. The van der Waals surface area contributed by atoms with Gasteiger partial charge in [-0.05, 0) is 114 Å². The lowest BCUT2D eigenvalue weighted by Crippen LogP contribution is -2.42. The molecule has 2 fully saturated rings. The Bertz CT molecular complexity index is 2420. The Labute approximate surface area is 292 Å². The van der Waals surface area contributed by atoms with Crippen LogP contribution in [0, 0.1) is 29.1 Å². The monoisotopic (exact) mass is 650 g/mol. The highest BCUT2D eigenvalue weighted by atomic mass is 16.3. The van der Waals surface area contributed by atoms with Crippen LogP contribution in [0.3, 0.4) is 0 Å². The molecule has 5 heteroatoms. The minimum atomic E-state index is 0.223. The molecule has 1 unspecified atom stereocenters. The van der Waals surface area contributed by atoms with Gasteiger partial charge in [0.15, 0.2) is 17.5 Å². The standard InChI is InChI=1S/C45H38N4O/c1-28-17-30-18-29(2)25-45(24-28,26-30)37-12-8-11-33(22-37)35-19-31(27-46)20-36(21-35)44-48-42(32-9-4-3-5-10-32)47-43(49-44)34-15-16-41-39(23-34)38-13-6-7-14-40(38)50-41/h3-16,19-23,28-30H,17-18,24-26H2,1-2H3/t28-,29+,30-,45?. The second kappa shape index (κ2) is 12.1. The summed E-state index contributed by atoms with van der Waals surface area (Å²) >= 11 is 0. The van der Waals surface area contributed by atoms with E-state index in [1.807, 2.05) is 72.8 Å². The molecule has 0 N–H and O–H groups in total. The molecule has 0 amide bonds. The average molecular weight is 651 g/mol. The van der Waals surface area contributed by atoms with Gasteiger partial charge in [0, 0.05) is 27.5 Å². The van der Waals surface area contributed by atoms with Crippen molar-refractivity contribution in [1.29, 1.82) is 5.26 Å². The lowest BCUT2D eigenvalue weighted by atomic mass is 9.54. The maximum absolute atomic E-state index is 10.2. The molecule has 0 spiro atoms. The van der Waals surface area contributed by atoms with Gasteiger partial charge in [0.1, 0.15) is 11.2 Å². The Morgan fingerprint density at radius 2 is 1.24 bits per heavy atom. The van der Waals surface area contributed by atoms with E-state index in [0.29, 0.717) is 23.0 Å². The predicted molar refractivity (Wildman–Crippen MR) is 200 cm³/mol. The first-order valence-corrected chi connectivity index (χ1v) is 17.8. The van der Waals surface area contributed by atoms with E-state index in [2.05, 4.69) is 62.4 Å². The van der Waals surface area contributed by atoms with Crippen molar-refractivity contribution in [2.75, 3.05) is 0 Å². The van der Waals surface area contributed by atoms with Crippen LogP contribution >= 0.6 is 0 Å². The third kappa shape index (κ3) is 5.46. The molecule has 4 atom stereocenters. The maximum Gasteiger partial charge on any atom is 0.164 e. The summed E-state index contributed by atoms with van der Waals surface area (Å²) in [6.45, 7) is 4.87. The highest BCUT2D eigenvalue weighted by molar-refractivity contribution is 6.06. The Hall–Kier alpha value is -5.60. The molecular formula is C45H38N4O. The van der Waals surface area contributed by atoms with Crippen molar-refractivity contribution in [3.05, 3.63) is 126 Å². The van der Waals surface area contributed by atoms with Gasteiger partial charge in [-0.2, -0.15) is 5.26 Å². The van der Waals surface area contributed by atoms with Gasteiger partial charge in [0.25, 0.3) is 0 Å². The Kier molecular flexibility index (Phi) is 7.35. The highest BCUT2D eigenvalue weighted by Crippen LogP contribution is 2.54. The highest BCUT2D eigenvalue weighted by Gasteiger charge is 2.45. The zero-order valence-electron chi connectivity index (χ0n) is 28.4. The molecule has 9 rings (SSSR count). The van der Waals surface area contributed by atoms with Crippen molar-refractivity contribution in [2.45, 2.75) is 51.4 Å². The summed E-state index contributed by atoms with van der Waals surface area (Å²) < 4.78 is 6.11. The first-order valence-electron chi connectivity index (χ1n) is 17.8. The summed E-state index contributed by atoms with van der Waals surface area (Å²) in [6.07, 6.45) is 6.48. The molecule has 2 aliphatic rings. The van der Waals surface area contributed by atoms with Crippen molar-refractivity contribution in [3.63, 3.8) is 0 Å². The second-order valence-corrected chi connectivity index (χ2v) is 14.9. The molecule has 0 saturated heterocycles. The van der Waals surface area contributed by atoms with E-state index < -0.39 is 0 Å². The lowest BCUT2D eigenvalue weighted by Gasteiger charge is -2.50. The first-order chi connectivity index (χ1) is 24.4. The fourth-order valence-electron chi connectivity index (χ4n) is 9.29. The van der Waals surface area contributed by atoms with Gasteiger partial charge >= 0.3 is 0 Å². The van der Waals surface area contributed by atoms with Crippen LogP contribution in [0.4, 0.5) is 0 Å². The second-order valence-electron chi connectivity index (χ2n) is 14.9. The van der Waals surface area contributed by atoms with Crippen molar-refractivity contribution in [1.82, 2.24) is 15.0 Å². The van der Waals surface area contributed by atoms with Gasteiger partial charge in [0.05, 0.1) is 11.6 Å². The van der Waals surface area contributed by atoms with E-state index in [0.717, 1.165) is 67.5 Å². The van der Waals surface area contributed by atoms with E-state index in [1.54, 1.807) is 0 Å². The van der Waals surface area contributed by atoms with E-state index in [9.17, 15) is 5.26 Å². The minimum Gasteiger partial charge on any atom is -0.456 e. The number of benzene rings is 5. The third-order valence-electron chi connectivity index (χ3n) is 11.1. The molecular weight excluding hydrogens is 613 g/mol. The van der Waals surface area contributed by atoms with Gasteiger partial charge in [-0.1, -0.05) is 86.6 Å². The number of nitriles is 1. The van der Waals surface area contributed by atoms with E-state index in [4.69, 9.17) is 19.4 Å². The summed E-state index contributed by atoms with van der Waals surface area (Å²) in [4.78, 5) is 15.1. The largest absolute Gasteiger partial charge is 0.456 e. The number of furan rings is 1. The SMILES string of the molecule is C[C@@H]1C[C@@H]2C[C@H](C)CC(c3cccc(-c4cc(C#N)cc(-c5nc(-c6ccccc6)nc(-c6ccc7oc8ccccc8c7c6)n5)c4)c3)(C1)C2. The summed E-state index contributed by atoms with van der Waals surface area (Å²) in [5.41, 5.74) is 8.59. The molecule has 5 nitrogen and oxygen atoms in total. The Morgan fingerprint density at radius 3 is 2.02 bits per heavy atom. The fourth-order valence-corrected chi connectivity index (χ4v) is 9.29. The number of rotatable bonds is 5. The normalized spacial score (nSPS) is 21.7. The molecule has 5 aromatic carbocycles. The molecule has 2 heterocycles. The number of fused-ring (bicyclic) bond motifs is 5. The van der Waals surface area contributed by atoms with Crippen molar-refractivity contribution >= 4 is 21.9 Å². The zero-order valence-corrected chi connectivity index (χ0v) is 28.4. The quantitative estimate of drug-likeness (QED) is 0.185.